The average molecular weight is 357 g/mol. The molecule has 2 N–H and O–H groups in total. The van der Waals surface area contributed by atoms with Crippen LogP contribution < -0.4 is 10.6 Å². The number of nitrogens with zero attached hydrogens (tertiary/aromatic N) is 3. The molecule has 0 bridgehead atoms. The normalized spacial score (nSPS) is 16.9. The van der Waals surface area contributed by atoms with E-state index in [2.05, 4.69) is 25.8 Å². The van der Waals surface area contributed by atoms with Crippen LogP contribution in [0.1, 0.15) is 6.42 Å². The van der Waals surface area contributed by atoms with Crippen LogP contribution in [0.3, 0.4) is 0 Å². The number of rotatable bonds is 5. The minimum absolute atomic E-state index is 0.107. The molecule has 0 radical (unpaired) electrons. The summed E-state index contributed by atoms with van der Waals surface area (Å²) in [6, 6.07) is 3.96. The van der Waals surface area contributed by atoms with Crippen LogP contribution >= 0.6 is 15.9 Å². The third-order valence-corrected chi connectivity index (χ3v) is 4.14. The number of carbonyl (C=O) groups excluding carboxylic acids is 1. The van der Waals surface area contributed by atoms with Crippen molar-refractivity contribution in [1.82, 2.24) is 9.88 Å². The van der Waals surface area contributed by atoms with E-state index >= 15 is 0 Å². The summed E-state index contributed by atoms with van der Waals surface area (Å²) < 4.78 is 6.13. The zero-order valence-electron chi connectivity index (χ0n) is 12.2. The molecule has 116 valence electrons. The maximum absolute atomic E-state index is 12.2. The van der Waals surface area contributed by atoms with Gasteiger partial charge in [-0.2, -0.15) is 0 Å². The van der Waals surface area contributed by atoms with Gasteiger partial charge >= 0.3 is 0 Å². The Bertz CT molecular complexity index is 457. The van der Waals surface area contributed by atoms with Crippen LogP contribution in [0.2, 0.25) is 0 Å². The Hall–Kier alpha value is -1.18. The largest absolute Gasteiger partial charge is 0.380 e. The fraction of sp³-hybridized carbons (Fsp3) is 0.571. The van der Waals surface area contributed by atoms with Gasteiger partial charge in [0, 0.05) is 50.5 Å². The van der Waals surface area contributed by atoms with Crippen molar-refractivity contribution in [2.24, 2.45) is 5.73 Å². The van der Waals surface area contributed by atoms with E-state index in [1.165, 1.54) is 0 Å². The average Bonchev–Trinajstić information content (AvgIpc) is 2.53. The second-order valence-corrected chi connectivity index (χ2v) is 5.92. The van der Waals surface area contributed by atoms with E-state index in [-0.39, 0.29) is 12.0 Å². The van der Waals surface area contributed by atoms with Crippen molar-refractivity contribution in [3.05, 3.63) is 22.8 Å². The van der Waals surface area contributed by atoms with Crippen molar-refractivity contribution < 1.29 is 9.53 Å². The zero-order chi connectivity index (χ0) is 15.2. The Kier molecular flexibility index (Phi) is 5.96. The van der Waals surface area contributed by atoms with Crippen LogP contribution in [-0.4, -0.2) is 61.7 Å². The molecule has 0 saturated carbocycles. The number of hydrogen-bond donors (Lipinski definition) is 1. The number of methoxy groups -OCH3 is 1. The molecule has 1 aliphatic heterocycles. The van der Waals surface area contributed by atoms with Crippen LogP contribution in [0, 0.1) is 0 Å². The van der Waals surface area contributed by atoms with Crippen LogP contribution in [0.15, 0.2) is 22.8 Å². The fourth-order valence-corrected chi connectivity index (χ4v) is 2.56. The Morgan fingerprint density at radius 2 is 2.14 bits per heavy atom. The number of hydrogen-bond acceptors (Lipinski definition) is 5. The number of aromatic nitrogens is 1. The van der Waals surface area contributed by atoms with Gasteiger partial charge in [-0.1, -0.05) is 0 Å². The standard InChI is InChI=1S/C14H21BrN4O2/c1-21-12(9-16)8-14(20)19-6-4-18(5-7-19)13-3-2-11(15)10-17-13/h2-3,10,12H,4-9,16H2,1H3. The van der Waals surface area contributed by atoms with Gasteiger partial charge in [0.15, 0.2) is 0 Å². The van der Waals surface area contributed by atoms with Gasteiger partial charge in [0.1, 0.15) is 5.82 Å². The molecule has 0 aromatic carbocycles. The fourth-order valence-electron chi connectivity index (χ4n) is 2.33. The van der Waals surface area contributed by atoms with Crippen LogP contribution in [0.4, 0.5) is 5.82 Å². The molecule has 1 unspecified atom stereocenters. The number of ether oxygens (including phenoxy) is 1. The van der Waals surface area contributed by atoms with E-state index in [4.69, 9.17) is 10.5 Å². The van der Waals surface area contributed by atoms with Gasteiger partial charge in [0.25, 0.3) is 0 Å². The molecule has 1 aromatic rings. The van der Waals surface area contributed by atoms with Crippen molar-refractivity contribution in [3.63, 3.8) is 0 Å². The topological polar surface area (TPSA) is 71.7 Å². The van der Waals surface area contributed by atoms with E-state index < -0.39 is 0 Å². The summed E-state index contributed by atoms with van der Waals surface area (Å²) in [7, 11) is 1.59. The van der Waals surface area contributed by atoms with E-state index in [1.54, 1.807) is 13.3 Å². The number of carbonyl (C=O) groups is 1. The molecule has 1 aromatic heterocycles. The molecule has 1 fully saturated rings. The minimum atomic E-state index is -0.191. The minimum Gasteiger partial charge on any atom is -0.380 e. The molecule has 1 atom stereocenters. The highest BCUT2D eigenvalue weighted by atomic mass is 79.9. The lowest BCUT2D eigenvalue weighted by atomic mass is 10.2. The molecule has 1 aliphatic rings. The summed E-state index contributed by atoms with van der Waals surface area (Å²) in [4.78, 5) is 20.6. The number of amides is 1. The van der Waals surface area contributed by atoms with Gasteiger partial charge in [-0.3, -0.25) is 4.79 Å². The molecule has 2 rings (SSSR count). The van der Waals surface area contributed by atoms with Crippen LogP contribution in [-0.2, 0) is 9.53 Å². The van der Waals surface area contributed by atoms with E-state index in [0.29, 0.717) is 26.1 Å². The van der Waals surface area contributed by atoms with Gasteiger partial charge in [-0.05, 0) is 28.1 Å². The second kappa shape index (κ2) is 7.72. The van der Waals surface area contributed by atoms with Crippen molar-refractivity contribution in [2.75, 3.05) is 44.7 Å². The summed E-state index contributed by atoms with van der Waals surface area (Å²) in [6.07, 6.45) is 1.95. The molecule has 7 heteroatoms. The Morgan fingerprint density at radius 3 is 2.67 bits per heavy atom. The zero-order valence-corrected chi connectivity index (χ0v) is 13.8. The first-order valence-electron chi connectivity index (χ1n) is 7.01. The first-order chi connectivity index (χ1) is 10.1. The van der Waals surface area contributed by atoms with Crippen LogP contribution in [0.25, 0.3) is 0 Å². The van der Waals surface area contributed by atoms with Crippen LogP contribution in [0.5, 0.6) is 0 Å². The summed E-state index contributed by atoms with van der Waals surface area (Å²) >= 11 is 3.38. The lowest BCUT2D eigenvalue weighted by Crippen LogP contribution is -2.49. The molecule has 0 aliphatic carbocycles. The third-order valence-electron chi connectivity index (χ3n) is 3.67. The lowest BCUT2D eigenvalue weighted by Gasteiger charge is -2.35. The molecule has 1 saturated heterocycles. The predicted octanol–water partition coefficient (Wildman–Crippen LogP) is 0.857. The Labute approximate surface area is 133 Å². The highest BCUT2D eigenvalue weighted by Gasteiger charge is 2.23. The van der Waals surface area contributed by atoms with Gasteiger partial charge in [0.05, 0.1) is 12.5 Å². The van der Waals surface area contributed by atoms with Gasteiger partial charge in [-0.15, -0.1) is 0 Å². The monoisotopic (exact) mass is 356 g/mol. The number of anilines is 1. The molecule has 1 amide bonds. The smallest absolute Gasteiger partial charge is 0.225 e. The number of piperazine rings is 1. The van der Waals surface area contributed by atoms with Crippen molar-refractivity contribution in [3.8, 4) is 0 Å². The number of nitrogens with two attached hydrogens (primary N) is 1. The lowest BCUT2D eigenvalue weighted by molar-refractivity contribution is -0.133. The molecule has 0 spiro atoms. The van der Waals surface area contributed by atoms with E-state index in [9.17, 15) is 4.79 Å². The van der Waals surface area contributed by atoms with E-state index in [0.717, 1.165) is 23.4 Å². The maximum Gasteiger partial charge on any atom is 0.225 e. The highest BCUT2D eigenvalue weighted by molar-refractivity contribution is 9.10. The van der Waals surface area contributed by atoms with Gasteiger partial charge in [-0.25, -0.2) is 4.98 Å². The molecule has 2 heterocycles. The summed E-state index contributed by atoms with van der Waals surface area (Å²) in [5.74, 6) is 1.05. The maximum atomic E-state index is 12.2. The van der Waals surface area contributed by atoms with Gasteiger partial charge in [0.2, 0.25) is 5.91 Å². The van der Waals surface area contributed by atoms with Crippen molar-refractivity contribution in [2.45, 2.75) is 12.5 Å². The molecule has 6 nitrogen and oxygen atoms in total. The first kappa shape index (κ1) is 16.2. The highest BCUT2D eigenvalue weighted by Crippen LogP contribution is 2.17. The Balaban J connectivity index is 1.85. The number of pyridine rings is 1. The predicted molar refractivity (Wildman–Crippen MR) is 85.2 cm³/mol. The second-order valence-electron chi connectivity index (χ2n) is 5.00. The summed E-state index contributed by atoms with van der Waals surface area (Å²) in [6.45, 7) is 3.36. The quantitative estimate of drug-likeness (QED) is 0.846. The molecular weight excluding hydrogens is 336 g/mol. The third kappa shape index (κ3) is 4.39. The van der Waals surface area contributed by atoms with Gasteiger partial charge < -0.3 is 20.3 Å². The van der Waals surface area contributed by atoms with E-state index in [1.807, 2.05) is 17.0 Å². The summed E-state index contributed by atoms with van der Waals surface area (Å²) in [5.41, 5.74) is 5.56. The molecular formula is C14H21BrN4O2. The number of halogens is 1. The SMILES string of the molecule is COC(CN)CC(=O)N1CCN(c2ccc(Br)cn2)CC1. The van der Waals surface area contributed by atoms with Crippen molar-refractivity contribution >= 4 is 27.7 Å². The summed E-state index contributed by atoms with van der Waals surface area (Å²) in [5, 5.41) is 0. The Morgan fingerprint density at radius 1 is 1.43 bits per heavy atom. The first-order valence-corrected chi connectivity index (χ1v) is 7.80. The molecule has 21 heavy (non-hydrogen) atoms. The van der Waals surface area contributed by atoms with Crippen molar-refractivity contribution in [1.29, 1.82) is 0 Å².